The zero-order valence-electron chi connectivity index (χ0n) is 15.9. The van der Waals surface area contributed by atoms with Gasteiger partial charge in [-0.15, -0.1) is 0 Å². The van der Waals surface area contributed by atoms with Gasteiger partial charge < -0.3 is 4.90 Å². The summed E-state index contributed by atoms with van der Waals surface area (Å²) in [5.41, 5.74) is 1.71. The van der Waals surface area contributed by atoms with E-state index in [1.165, 1.54) is 11.8 Å². The fourth-order valence-electron chi connectivity index (χ4n) is 3.76. The number of halogens is 1. The van der Waals surface area contributed by atoms with E-state index in [2.05, 4.69) is 4.98 Å². The fraction of sp³-hybridized carbons (Fsp3) is 0.400. The number of hydrogen-bond acceptors (Lipinski definition) is 5. The van der Waals surface area contributed by atoms with E-state index < -0.39 is 10.0 Å². The minimum atomic E-state index is -3.46. The Kier molecular flexibility index (Phi) is 6.15. The molecule has 2 aliphatic heterocycles. The third-order valence-electron chi connectivity index (χ3n) is 5.23. The highest BCUT2D eigenvalue weighted by Gasteiger charge is 2.29. The Morgan fingerprint density at radius 1 is 1.14 bits per heavy atom. The Labute approximate surface area is 180 Å². The minimum absolute atomic E-state index is 0.0344. The molecule has 3 heterocycles. The third-order valence-corrected chi connectivity index (χ3v) is 8.53. The van der Waals surface area contributed by atoms with Crippen molar-refractivity contribution in [3.05, 3.63) is 47.1 Å². The zero-order valence-corrected chi connectivity index (χ0v) is 18.3. The first kappa shape index (κ1) is 20.7. The van der Waals surface area contributed by atoms with Crippen molar-refractivity contribution in [3.8, 4) is 0 Å². The highest BCUT2D eigenvalue weighted by atomic mass is 35.5. The van der Waals surface area contributed by atoms with E-state index in [0.29, 0.717) is 34.6 Å². The maximum absolute atomic E-state index is 12.8. The molecule has 1 saturated heterocycles. The highest BCUT2D eigenvalue weighted by molar-refractivity contribution is 8.00. The number of rotatable bonds is 5. The van der Waals surface area contributed by atoms with E-state index in [9.17, 15) is 13.2 Å². The number of thioether (sulfide) groups is 1. The number of carbonyl (C=O) groups is 1. The molecule has 0 atom stereocenters. The molecule has 154 valence electrons. The summed E-state index contributed by atoms with van der Waals surface area (Å²) in [6.07, 6.45) is 5.04. The van der Waals surface area contributed by atoms with Gasteiger partial charge in [0.2, 0.25) is 15.9 Å². The van der Waals surface area contributed by atoms with Crippen LogP contribution in [0, 0.1) is 0 Å². The largest absolute Gasteiger partial charge is 0.311 e. The predicted octanol–water partition coefficient (Wildman–Crippen LogP) is 3.59. The second kappa shape index (κ2) is 8.63. The van der Waals surface area contributed by atoms with E-state index in [0.717, 1.165) is 36.9 Å². The predicted molar refractivity (Wildman–Crippen MR) is 115 cm³/mol. The van der Waals surface area contributed by atoms with Crippen LogP contribution in [0.3, 0.4) is 0 Å². The van der Waals surface area contributed by atoms with Gasteiger partial charge in [0.15, 0.2) is 0 Å². The maximum atomic E-state index is 12.8. The van der Waals surface area contributed by atoms with Gasteiger partial charge in [-0.3, -0.25) is 4.79 Å². The quantitative estimate of drug-likeness (QED) is 0.649. The molecule has 0 radical (unpaired) electrons. The molecule has 1 amide bonds. The molecule has 1 aromatic heterocycles. The van der Waals surface area contributed by atoms with Gasteiger partial charge in [0.1, 0.15) is 5.03 Å². The molecule has 0 N–H and O–H groups in total. The van der Waals surface area contributed by atoms with Crippen LogP contribution in [-0.2, 0) is 21.2 Å². The smallest absolute Gasteiger partial charge is 0.243 e. The lowest BCUT2D eigenvalue weighted by molar-refractivity contribution is -0.116. The van der Waals surface area contributed by atoms with E-state index in [4.69, 9.17) is 11.6 Å². The Bertz CT molecular complexity index is 1020. The van der Waals surface area contributed by atoms with Crippen molar-refractivity contribution in [1.82, 2.24) is 9.29 Å². The van der Waals surface area contributed by atoms with E-state index in [1.807, 2.05) is 0 Å². The SMILES string of the molecule is O=C(CSc1ncccc1Cl)N1CCCc2cc(S(=O)(=O)N3CCCC3)ccc21. The van der Waals surface area contributed by atoms with Crippen molar-refractivity contribution in [2.45, 2.75) is 35.6 Å². The molecule has 2 aromatic rings. The molecular formula is C20H22ClN3O3S2. The average Bonchev–Trinajstić information content (AvgIpc) is 3.28. The van der Waals surface area contributed by atoms with Crippen molar-refractivity contribution in [3.63, 3.8) is 0 Å². The molecular weight excluding hydrogens is 430 g/mol. The number of pyridine rings is 1. The number of carbonyl (C=O) groups excluding carboxylic acids is 1. The molecule has 0 bridgehead atoms. The molecule has 9 heteroatoms. The molecule has 2 aliphatic rings. The fourth-order valence-corrected chi connectivity index (χ4v) is 6.37. The molecule has 4 rings (SSSR count). The number of fused-ring (bicyclic) bond motifs is 1. The summed E-state index contributed by atoms with van der Waals surface area (Å²) in [5.74, 6) is 0.192. The van der Waals surface area contributed by atoms with Gasteiger partial charge in [-0.2, -0.15) is 4.31 Å². The highest BCUT2D eigenvalue weighted by Crippen LogP contribution is 2.32. The van der Waals surface area contributed by atoms with Gasteiger partial charge >= 0.3 is 0 Å². The van der Waals surface area contributed by atoms with Crippen molar-refractivity contribution < 1.29 is 13.2 Å². The molecule has 6 nitrogen and oxygen atoms in total. The molecule has 29 heavy (non-hydrogen) atoms. The minimum Gasteiger partial charge on any atom is -0.311 e. The van der Waals surface area contributed by atoms with Crippen molar-refractivity contribution >= 4 is 45.0 Å². The van der Waals surface area contributed by atoms with Gasteiger partial charge in [-0.1, -0.05) is 23.4 Å². The van der Waals surface area contributed by atoms with Crippen LogP contribution < -0.4 is 4.90 Å². The first-order valence-corrected chi connectivity index (χ1v) is 12.4. The lowest BCUT2D eigenvalue weighted by atomic mass is 10.0. The number of aromatic nitrogens is 1. The second-order valence-electron chi connectivity index (χ2n) is 7.13. The first-order valence-electron chi connectivity index (χ1n) is 9.63. The number of anilines is 1. The average molecular weight is 452 g/mol. The van der Waals surface area contributed by atoms with Crippen LogP contribution >= 0.6 is 23.4 Å². The third kappa shape index (κ3) is 4.30. The molecule has 0 spiro atoms. The Morgan fingerprint density at radius 3 is 2.69 bits per heavy atom. The molecule has 1 aromatic carbocycles. The molecule has 0 aliphatic carbocycles. The standard InChI is InChI=1S/C20H22ClN3O3S2/c21-17-6-3-9-22-20(17)28-14-19(25)24-12-4-5-15-13-16(7-8-18(15)24)29(26,27)23-10-1-2-11-23/h3,6-9,13H,1-2,4-5,10-12,14H2. The van der Waals surface area contributed by atoms with Crippen molar-refractivity contribution in [2.24, 2.45) is 0 Å². The topological polar surface area (TPSA) is 70.6 Å². The van der Waals surface area contributed by atoms with Crippen molar-refractivity contribution in [1.29, 1.82) is 0 Å². The summed E-state index contributed by atoms with van der Waals surface area (Å²) in [6, 6.07) is 8.64. The van der Waals surface area contributed by atoms with E-state index in [1.54, 1.807) is 45.7 Å². The number of benzene rings is 1. The second-order valence-corrected chi connectivity index (χ2v) is 10.4. The van der Waals surface area contributed by atoms with Gasteiger partial charge in [-0.25, -0.2) is 13.4 Å². The lowest BCUT2D eigenvalue weighted by Crippen LogP contribution is -2.37. The van der Waals surface area contributed by atoms with Crippen LogP contribution in [0.2, 0.25) is 5.02 Å². The Balaban J connectivity index is 1.52. The summed E-state index contributed by atoms with van der Waals surface area (Å²) in [7, 11) is -3.46. The zero-order chi connectivity index (χ0) is 20.4. The van der Waals surface area contributed by atoms with Crippen LogP contribution in [0.1, 0.15) is 24.8 Å². The summed E-state index contributed by atoms with van der Waals surface area (Å²) >= 11 is 7.43. The summed E-state index contributed by atoms with van der Waals surface area (Å²) in [6.45, 7) is 1.79. The number of sulfonamides is 1. The summed E-state index contributed by atoms with van der Waals surface area (Å²) < 4.78 is 27.2. The van der Waals surface area contributed by atoms with Crippen LogP contribution in [0.25, 0.3) is 0 Å². The van der Waals surface area contributed by atoms with E-state index >= 15 is 0 Å². The van der Waals surface area contributed by atoms with Crippen LogP contribution in [0.5, 0.6) is 0 Å². The van der Waals surface area contributed by atoms with Crippen molar-refractivity contribution in [2.75, 3.05) is 30.3 Å². The van der Waals surface area contributed by atoms with Gasteiger partial charge in [0.25, 0.3) is 0 Å². The van der Waals surface area contributed by atoms with E-state index in [-0.39, 0.29) is 11.7 Å². The monoisotopic (exact) mass is 451 g/mol. The molecule has 1 fully saturated rings. The summed E-state index contributed by atoms with van der Waals surface area (Å²) in [5, 5.41) is 1.16. The molecule has 0 saturated carbocycles. The normalized spacial score (nSPS) is 17.3. The Morgan fingerprint density at radius 2 is 1.93 bits per heavy atom. The molecule has 0 unspecified atom stereocenters. The number of nitrogens with zero attached hydrogens (tertiary/aromatic N) is 3. The first-order chi connectivity index (χ1) is 14.0. The summed E-state index contributed by atoms with van der Waals surface area (Å²) in [4.78, 5) is 19.1. The van der Waals surface area contributed by atoms with Gasteiger partial charge in [0, 0.05) is 31.5 Å². The lowest BCUT2D eigenvalue weighted by Gasteiger charge is -2.30. The van der Waals surface area contributed by atoms with Crippen LogP contribution in [0.4, 0.5) is 5.69 Å². The Hall–Kier alpha value is -1.61. The van der Waals surface area contributed by atoms with Crippen LogP contribution in [0.15, 0.2) is 46.5 Å². The van der Waals surface area contributed by atoms with Crippen LogP contribution in [-0.4, -0.2) is 49.0 Å². The maximum Gasteiger partial charge on any atom is 0.243 e. The number of amides is 1. The number of aryl methyl sites for hydroxylation is 1. The number of hydrogen-bond donors (Lipinski definition) is 0. The van der Waals surface area contributed by atoms with Gasteiger partial charge in [-0.05, 0) is 61.6 Å². The van der Waals surface area contributed by atoms with Gasteiger partial charge in [0.05, 0.1) is 15.7 Å².